The number of furan rings is 1. The Balaban J connectivity index is 1.52. The molecule has 1 aliphatic carbocycles. The molecule has 132 valence electrons. The summed E-state index contributed by atoms with van der Waals surface area (Å²) in [5, 5.41) is 6.22. The fourth-order valence-electron chi connectivity index (χ4n) is 3.53. The topological polar surface area (TPSA) is 67.2 Å². The highest BCUT2D eigenvalue weighted by atomic mass is 16.3. The van der Waals surface area contributed by atoms with Crippen LogP contribution in [0.4, 0.5) is 4.79 Å². The van der Waals surface area contributed by atoms with Crippen molar-refractivity contribution in [3.05, 3.63) is 89.6 Å². The van der Waals surface area contributed by atoms with E-state index in [0.29, 0.717) is 0 Å². The first-order valence-corrected chi connectivity index (χ1v) is 8.89. The third-order valence-corrected chi connectivity index (χ3v) is 4.81. The molecule has 2 N–H and O–H groups in total. The van der Waals surface area contributed by atoms with Crippen molar-refractivity contribution in [1.29, 1.82) is 0 Å². The van der Waals surface area contributed by atoms with Gasteiger partial charge in [0.25, 0.3) is 0 Å². The summed E-state index contributed by atoms with van der Waals surface area (Å²) in [5.74, 6) is 0.982. The summed E-state index contributed by atoms with van der Waals surface area (Å²) in [7, 11) is 0. The predicted molar refractivity (Wildman–Crippen MR) is 98.6 cm³/mol. The number of benzene rings is 1. The molecule has 2 amide bonds. The van der Waals surface area contributed by atoms with E-state index in [2.05, 4.69) is 15.6 Å². The fraction of sp³-hybridized carbons (Fsp3) is 0.238. The van der Waals surface area contributed by atoms with Crippen LogP contribution in [0.5, 0.6) is 0 Å². The Labute approximate surface area is 152 Å². The molecule has 4 rings (SSSR count). The fourth-order valence-corrected chi connectivity index (χ4v) is 3.53. The number of rotatable bonds is 4. The molecule has 3 aromatic rings. The van der Waals surface area contributed by atoms with Gasteiger partial charge in [0.05, 0.1) is 18.3 Å². The van der Waals surface area contributed by atoms with Gasteiger partial charge in [-0.25, -0.2) is 4.79 Å². The Hall–Kier alpha value is -3.08. The Morgan fingerprint density at radius 3 is 2.65 bits per heavy atom. The summed E-state index contributed by atoms with van der Waals surface area (Å²) < 4.78 is 5.51. The summed E-state index contributed by atoms with van der Waals surface area (Å²) >= 11 is 0. The number of carbonyl (C=O) groups is 1. The number of hydrogen-bond donors (Lipinski definition) is 2. The van der Waals surface area contributed by atoms with Crippen LogP contribution in [0.25, 0.3) is 0 Å². The van der Waals surface area contributed by atoms with E-state index in [4.69, 9.17) is 4.42 Å². The first-order chi connectivity index (χ1) is 12.8. The molecule has 26 heavy (non-hydrogen) atoms. The van der Waals surface area contributed by atoms with E-state index in [-0.39, 0.29) is 18.1 Å². The quantitative estimate of drug-likeness (QED) is 0.745. The van der Waals surface area contributed by atoms with E-state index < -0.39 is 0 Å². The smallest absolute Gasteiger partial charge is 0.316 e. The molecule has 2 heterocycles. The van der Waals surface area contributed by atoms with Gasteiger partial charge in [-0.15, -0.1) is 0 Å². The minimum atomic E-state index is -0.230. The van der Waals surface area contributed by atoms with Crippen LogP contribution in [0.1, 0.15) is 47.4 Å². The molecule has 0 saturated heterocycles. The lowest BCUT2D eigenvalue weighted by Crippen LogP contribution is -2.41. The zero-order valence-electron chi connectivity index (χ0n) is 14.4. The summed E-state index contributed by atoms with van der Waals surface area (Å²) in [6, 6.07) is 15.3. The van der Waals surface area contributed by atoms with Gasteiger partial charge in [-0.05, 0) is 42.2 Å². The SMILES string of the molecule is O=C(N[C@@H](c1ccccc1)c1ccncc1)N[C@@H]1CCCc2occc21. The highest BCUT2D eigenvalue weighted by Crippen LogP contribution is 2.30. The second-order valence-corrected chi connectivity index (χ2v) is 6.49. The van der Waals surface area contributed by atoms with Crippen LogP contribution in [0.15, 0.2) is 71.6 Å². The van der Waals surface area contributed by atoms with Crippen LogP contribution in [0, 0.1) is 0 Å². The Morgan fingerprint density at radius 1 is 1.08 bits per heavy atom. The molecule has 0 spiro atoms. The number of pyridine rings is 1. The molecule has 1 aromatic carbocycles. The van der Waals surface area contributed by atoms with Crippen molar-refractivity contribution in [3.8, 4) is 0 Å². The number of aromatic nitrogens is 1. The molecule has 2 aromatic heterocycles. The zero-order chi connectivity index (χ0) is 17.8. The normalized spacial score (nSPS) is 17.2. The van der Waals surface area contributed by atoms with Crippen molar-refractivity contribution in [2.75, 3.05) is 0 Å². The number of fused-ring (bicyclic) bond motifs is 1. The summed E-state index contributed by atoms with van der Waals surface area (Å²) in [4.78, 5) is 16.8. The van der Waals surface area contributed by atoms with E-state index in [0.717, 1.165) is 41.7 Å². The van der Waals surface area contributed by atoms with Gasteiger partial charge in [-0.3, -0.25) is 4.98 Å². The van der Waals surface area contributed by atoms with Crippen molar-refractivity contribution in [3.63, 3.8) is 0 Å². The van der Waals surface area contributed by atoms with Gasteiger partial charge in [0.1, 0.15) is 5.76 Å². The van der Waals surface area contributed by atoms with Crippen molar-refractivity contribution in [2.24, 2.45) is 0 Å². The van der Waals surface area contributed by atoms with Crippen molar-refractivity contribution >= 4 is 6.03 Å². The van der Waals surface area contributed by atoms with Gasteiger partial charge in [-0.2, -0.15) is 0 Å². The molecule has 0 unspecified atom stereocenters. The number of nitrogens with one attached hydrogen (secondary N) is 2. The van der Waals surface area contributed by atoms with E-state index in [1.54, 1.807) is 18.7 Å². The lowest BCUT2D eigenvalue weighted by atomic mass is 9.93. The monoisotopic (exact) mass is 347 g/mol. The Bertz CT molecular complexity index is 822. The maximum atomic E-state index is 12.7. The Kier molecular flexibility index (Phi) is 4.69. The molecule has 0 aliphatic heterocycles. The lowest BCUT2D eigenvalue weighted by molar-refractivity contribution is 0.233. The van der Waals surface area contributed by atoms with Crippen molar-refractivity contribution < 1.29 is 9.21 Å². The maximum absolute atomic E-state index is 12.7. The lowest BCUT2D eigenvalue weighted by Gasteiger charge is -2.25. The zero-order valence-corrected chi connectivity index (χ0v) is 14.4. The number of carbonyl (C=O) groups excluding carboxylic acids is 1. The second-order valence-electron chi connectivity index (χ2n) is 6.49. The summed E-state index contributed by atoms with van der Waals surface area (Å²) in [5.41, 5.74) is 3.11. The first-order valence-electron chi connectivity index (χ1n) is 8.89. The number of urea groups is 1. The number of amides is 2. The van der Waals surface area contributed by atoms with Gasteiger partial charge in [0.15, 0.2) is 0 Å². The van der Waals surface area contributed by atoms with E-state index in [1.165, 1.54) is 0 Å². The Morgan fingerprint density at radius 2 is 1.85 bits per heavy atom. The van der Waals surface area contributed by atoms with Gasteiger partial charge in [-0.1, -0.05) is 30.3 Å². The maximum Gasteiger partial charge on any atom is 0.316 e. The molecular formula is C21H21N3O2. The molecule has 0 radical (unpaired) electrons. The summed E-state index contributed by atoms with van der Waals surface area (Å²) in [6.45, 7) is 0. The number of hydrogen-bond acceptors (Lipinski definition) is 3. The first kappa shape index (κ1) is 16.4. The van der Waals surface area contributed by atoms with Crippen LogP contribution >= 0.6 is 0 Å². The predicted octanol–water partition coefficient (Wildman–Crippen LogP) is 4.14. The second kappa shape index (κ2) is 7.44. The van der Waals surface area contributed by atoms with Crippen LogP contribution in [0.3, 0.4) is 0 Å². The third kappa shape index (κ3) is 3.47. The molecule has 0 fully saturated rings. The van der Waals surface area contributed by atoms with Crippen LogP contribution in [-0.2, 0) is 6.42 Å². The molecule has 5 nitrogen and oxygen atoms in total. The van der Waals surface area contributed by atoms with Crippen molar-refractivity contribution in [1.82, 2.24) is 15.6 Å². The molecule has 1 aliphatic rings. The van der Waals surface area contributed by atoms with Crippen molar-refractivity contribution in [2.45, 2.75) is 31.3 Å². The third-order valence-electron chi connectivity index (χ3n) is 4.81. The molecule has 0 saturated carbocycles. The van der Waals surface area contributed by atoms with E-state index >= 15 is 0 Å². The summed E-state index contributed by atoms with van der Waals surface area (Å²) in [6.07, 6.45) is 8.05. The van der Waals surface area contributed by atoms with Gasteiger partial charge in [0, 0.05) is 24.4 Å². The molecule has 0 bridgehead atoms. The minimum Gasteiger partial charge on any atom is -0.469 e. The molecule has 5 heteroatoms. The van der Waals surface area contributed by atoms with Gasteiger partial charge >= 0.3 is 6.03 Å². The average Bonchev–Trinajstić information content (AvgIpc) is 3.17. The highest BCUT2D eigenvalue weighted by molar-refractivity contribution is 5.75. The largest absolute Gasteiger partial charge is 0.469 e. The molecule has 2 atom stereocenters. The van der Waals surface area contributed by atoms with Crippen LogP contribution < -0.4 is 10.6 Å². The minimum absolute atomic E-state index is 0.00800. The molecular weight excluding hydrogens is 326 g/mol. The highest BCUT2D eigenvalue weighted by Gasteiger charge is 2.25. The van der Waals surface area contributed by atoms with Crippen LogP contribution in [0.2, 0.25) is 0 Å². The standard InChI is InChI=1S/C21H21N3O2/c25-21(23-18-7-4-8-19-17(18)11-14-26-19)24-20(15-5-2-1-3-6-15)16-9-12-22-13-10-16/h1-3,5-6,9-14,18,20H,4,7-8H2,(H2,23,24,25)/t18-,20+/m1/s1. The van der Waals surface area contributed by atoms with Crippen LogP contribution in [-0.4, -0.2) is 11.0 Å². The number of nitrogens with zero attached hydrogens (tertiary/aromatic N) is 1. The van der Waals surface area contributed by atoms with Gasteiger partial charge in [0.2, 0.25) is 0 Å². The van der Waals surface area contributed by atoms with E-state index in [9.17, 15) is 4.79 Å². The van der Waals surface area contributed by atoms with E-state index in [1.807, 2.05) is 48.5 Å². The van der Waals surface area contributed by atoms with Gasteiger partial charge < -0.3 is 15.1 Å². The average molecular weight is 347 g/mol. The number of aryl methyl sites for hydroxylation is 1.